The lowest BCUT2D eigenvalue weighted by molar-refractivity contribution is -0.141. The molecule has 2 amide bonds. The van der Waals surface area contributed by atoms with E-state index in [0.717, 1.165) is 16.3 Å². The van der Waals surface area contributed by atoms with Crippen LogP contribution in [0.25, 0.3) is 27.8 Å². The van der Waals surface area contributed by atoms with E-state index in [1.807, 2.05) is 32.9 Å². The van der Waals surface area contributed by atoms with Crippen LogP contribution in [0.5, 0.6) is 0 Å². The van der Waals surface area contributed by atoms with E-state index in [2.05, 4.69) is 20.5 Å². The highest BCUT2D eigenvalue weighted by atomic mass is 19.4. The lowest BCUT2D eigenvalue weighted by Crippen LogP contribution is -2.49. The summed E-state index contributed by atoms with van der Waals surface area (Å²) in [6.45, 7) is 8.16. The van der Waals surface area contributed by atoms with Crippen molar-refractivity contribution in [3.8, 4) is 16.8 Å². The van der Waals surface area contributed by atoms with Gasteiger partial charge in [-0.05, 0) is 68.3 Å². The number of nitrogens with one attached hydrogen (secondary N) is 1. The standard InChI is InChI=1S/C34H33F4N7O4/c1-33(2,3)48-32(47)44-14-12-43(13-15-44)19-20-6-4-5-7-23(20)24-10-8-21(16-26(24)35)40-31(46)27-18-29(34(36,37)38)41-45(27)22-9-11-28-25(17-22)30(39)42-49-28/h4-11,16-18H,12-15,19H2,1-3H3,(H2,39,42)(H,40,46). The van der Waals surface area contributed by atoms with Crippen molar-refractivity contribution in [3.05, 3.63) is 89.5 Å². The highest BCUT2D eigenvalue weighted by Gasteiger charge is 2.36. The predicted octanol–water partition coefficient (Wildman–Crippen LogP) is 6.73. The van der Waals surface area contributed by atoms with Gasteiger partial charge >= 0.3 is 12.3 Å². The number of alkyl halides is 3. The Bertz CT molecular complexity index is 2020. The van der Waals surface area contributed by atoms with E-state index in [1.165, 1.54) is 30.3 Å². The Morgan fingerprint density at radius 3 is 2.39 bits per heavy atom. The van der Waals surface area contributed by atoms with Crippen LogP contribution < -0.4 is 11.1 Å². The van der Waals surface area contributed by atoms with Crippen molar-refractivity contribution in [2.45, 2.75) is 39.1 Å². The number of nitrogen functional groups attached to an aromatic ring is 1. The van der Waals surface area contributed by atoms with Crippen molar-refractivity contribution in [3.63, 3.8) is 0 Å². The summed E-state index contributed by atoms with van der Waals surface area (Å²) in [7, 11) is 0. The average Bonchev–Trinajstić information content (AvgIpc) is 3.66. The molecule has 0 aliphatic carbocycles. The third kappa shape index (κ3) is 7.36. The number of carbonyl (C=O) groups excluding carboxylic acids is 2. The van der Waals surface area contributed by atoms with E-state index in [4.69, 9.17) is 15.0 Å². The number of anilines is 2. The number of piperazine rings is 1. The van der Waals surface area contributed by atoms with E-state index in [-0.39, 0.29) is 28.8 Å². The number of benzene rings is 3. The number of aromatic nitrogens is 3. The Balaban J connectivity index is 1.19. The molecule has 0 atom stereocenters. The smallest absolute Gasteiger partial charge is 0.435 e. The largest absolute Gasteiger partial charge is 0.444 e. The third-order valence-electron chi connectivity index (χ3n) is 7.91. The molecule has 1 saturated heterocycles. The summed E-state index contributed by atoms with van der Waals surface area (Å²) in [5, 5.41) is 10.1. The van der Waals surface area contributed by atoms with E-state index >= 15 is 4.39 Å². The molecular weight excluding hydrogens is 646 g/mol. The van der Waals surface area contributed by atoms with Crippen LogP contribution in [0.2, 0.25) is 0 Å². The number of hydrogen-bond acceptors (Lipinski definition) is 8. The Kier molecular flexibility index (Phi) is 8.79. The number of carbonyl (C=O) groups is 2. The van der Waals surface area contributed by atoms with Gasteiger partial charge in [0.2, 0.25) is 0 Å². The van der Waals surface area contributed by atoms with Gasteiger partial charge in [-0.3, -0.25) is 9.69 Å². The quantitative estimate of drug-likeness (QED) is 0.189. The first-order valence-corrected chi connectivity index (χ1v) is 15.4. The van der Waals surface area contributed by atoms with E-state index in [0.29, 0.717) is 55.3 Å². The highest BCUT2D eigenvalue weighted by molar-refractivity contribution is 6.04. The summed E-state index contributed by atoms with van der Waals surface area (Å²) in [5.41, 5.74) is 5.70. The Morgan fingerprint density at radius 1 is 0.959 bits per heavy atom. The number of rotatable bonds is 6. The summed E-state index contributed by atoms with van der Waals surface area (Å²) in [4.78, 5) is 29.6. The zero-order chi connectivity index (χ0) is 35.1. The molecule has 6 rings (SSSR count). The number of ether oxygens (including phenoxy) is 1. The van der Waals surface area contributed by atoms with Gasteiger partial charge in [0.25, 0.3) is 5.91 Å². The zero-order valence-electron chi connectivity index (χ0n) is 26.8. The van der Waals surface area contributed by atoms with Crippen molar-refractivity contribution < 1.29 is 36.4 Å². The zero-order valence-corrected chi connectivity index (χ0v) is 26.8. The maximum atomic E-state index is 15.7. The van der Waals surface area contributed by atoms with Crippen LogP contribution in [0.15, 0.2) is 71.3 Å². The monoisotopic (exact) mass is 679 g/mol. The number of halogens is 4. The van der Waals surface area contributed by atoms with Gasteiger partial charge in [-0.1, -0.05) is 29.4 Å². The molecule has 0 saturated carbocycles. The normalized spacial score (nSPS) is 14.3. The summed E-state index contributed by atoms with van der Waals surface area (Å²) in [6.07, 6.45) is -5.20. The first-order chi connectivity index (χ1) is 23.2. The van der Waals surface area contributed by atoms with Crippen molar-refractivity contribution in [1.82, 2.24) is 24.7 Å². The van der Waals surface area contributed by atoms with Crippen LogP contribution in [0.4, 0.5) is 33.9 Å². The van der Waals surface area contributed by atoms with Crippen molar-refractivity contribution in [1.29, 1.82) is 0 Å². The van der Waals surface area contributed by atoms with Crippen LogP contribution in [0.1, 0.15) is 42.5 Å². The Hall–Kier alpha value is -5.44. The van der Waals surface area contributed by atoms with Gasteiger partial charge in [0.1, 0.15) is 17.1 Å². The second kappa shape index (κ2) is 12.9. The molecule has 0 spiro atoms. The van der Waals surface area contributed by atoms with Gasteiger partial charge in [-0.2, -0.15) is 18.3 Å². The Morgan fingerprint density at radius 2 is 1.69 bits per heavy atom. The van der Waals surface area contributed by atoms with Crippen LogP contribution in [0, 0.1) is 5.82 Å². The van der Waals surface area contributed by atoms with Gasteiger partial charge in [-0.25, -0.2) is 13.9 Å². The van der Waals surface area contributed by atoms with Crippen molar-refractivity contribution in [2.75, 3.05) is 37.2 Å². The average molecular weight is 680 g/mol. The summed E-state index contributed by atoms with van der Waals surface area (Å²) < 4.78 is 68.0. The molecule has 11 nitrogen and oxygen atoms in total. The molecule has 1 fully saturated rings. The van der Waals surface area contributed by atoms with Gasteiger partial charge in [-0.15, -0.1) is 0 Å². The van der Waals surface area contributed by atoms with Crippen LogP contribution in [-0.4, -0.2) is 68.5 Å². The summed E-state index contributed by atoms with van der Waals surface area (Å²) >= 11 is 0. The molecule has 256 valence electrons. The fourth-order valence-corrected chi connectivity index (χ4v) is 5.54. The number of hydrogen-bond donors (Lipinski definition) is 2. The first-order valence-electron chi connectivity index (χ1n) is 15.4. The number of fused-ring (bicyclic) bond motifs is 1. The minimum absolute atomic E-state index is 0.0176. The van der Waals surface area contributed by atoms with Crippen LogP contribution in [0.3, 0.4) is 0 Å². The maximum absolute atomic E-state index is 15.7. The predicted molar refractivity (Wildman–Crippen MR) is 173 cm³/mol. The lowest BCUT2D eigenvalue weighted by atomic mass is 9.98. The second-order valence-corrected chi connectivity index (χ2v) is 12.6. The van der Waals surface area contributed by atoms with Crippen LogP contribution in [-0.2, 0) is 17.5 Å². The fourth-order valence-electron chi connectivity index (χ4n) is 5.54. The summed E-state index contributed by atoms with van der Waals surface area (Å²) in [6, 6.07) is 16.3. The van der Waals surface area contributed by atoms with E-state index in [9.17, 15) is 22.8 Å². The minimum Gasteiger partial charge on any atom is -0.444 e. The van der Waals surface area contributed by atoms with E-state index < -0.39 is 34.9 Å². The molecule has 0 radical (unpaired) electrons. The molecule has 1 aliphatic heterocycles. The molecule has 49 heavy (non-hydrogen) atoms. The minimum atomic E-state index is -4.84. The van der Waals surface area contributed by atoms with Gasteiger partial charge in [0.05, 0.1) is 11.1 Å². The molecule has 0 bridgehead atoms. The Labute approximate surface area is 278 Å². The first kappa shape index (κ1) is 33.5. The third-order valence-corrected chi connectivity index (χ3v) is 7.91. The molecule has 1 aliphatic rings. The lowest BCUT2D eigenvalue weighted by Gasteiger charge is -2.35. The van der Waals surface area contributed by atoms with Gasteiger partial charge < -0.3 is 25.2 Å². The fraction of sp³-hybridized carbons (Fsp3) is 0.294. The number of nitrogens with zero attached hydrogens (tertiary/aromatic N) is 5. The SMILES string of the molecule is CC(C)(C)OC(=O)N1CCN(Cc2ccccc2-c2ccc(NC(=O)c3cc(C(F)(F)F)nn3-c3ccc4onc(N)c4c3)cc2F)CC1. The van der Waals surface area contributed by atoms with Crippen LogP contribution >= 0.6 is 0 Å². The molecule has 3 N–H and O–H groups in total. The maximum Gasteiger partial charge on any atom is 0.435 e. The van der Waals surface area contributed by atoms with Gasteiger partial charge in [0.15, 0.2) is 17.1 Å². The van der Waals surface area contributed by atoms with Gasteiger partial charge in [0, 0.05) is 50.0 Å². The van der Waals surface area contributed by atoms with E-state index in [1.54, 1.807) is 17.0 Å². The molecule has 15 heteroatoms. The van der Waals surface area contributed by atoms with Crippen molar-refractivity contribution >= 4 is 34.5 Å². The number of amides is 2. The molecule has 0 unspecified atom stereocenters. The summed E-state index contributed by atoms with van der Waals surface area (Å²) in [5.74, 6) is -1.57. The second-order valence-electron chi connectivity index (χ2n) is 12.6. The molecule has 5 aromatic rings. The topological polar surface area (TPSA) is 132 Å². The molecule has 3 aromatic carbocycles. The molecule has 3 heterocycles. The number of nitrogens with two attached hydrogens (primary N) is 1. The van der Waals surface area contributed by atoms with Crippen molar-refractivity contribution in [2.24, 2.45) is 0 Å². The molecule has 2 aromatic heterocycles. The highest BCUT2D eigenvalue weighted by Crippen LogP contribution is 2.33. The molecular formula is C34H33F4N7O4.